The maximum Gasteiger partial charge on any atom is 0.314 e. The van der Waals surface area contributed by atoms with Crippen LogP contribution < -0.4 is 16.4 Å². The second-order valence-electron chi connectivity index (χ2n) is 5.67. The van der Waals surface area contributed by atoms with Gasteiger partial charge in [-0.15, -0.1) is 0 Å². The maximum atomic E-state index is 11.5. The molecular weight excluding hydrogens is 340 g/mol. The first-order valence-electron chi connectivity index (χ1n) is 7.12. The van der Waals surface area contributed by atoms with Crippen LogP contribution in [0.5, 0.6) is 0 Å². The fourth-order valence-electron chi connectivity index (χ4n) is 2.74. The van der Waals surface area contributed by atoms with Gasteiger partial charge in [-0.25, -0.2) is 8.42 Å². The number of non-ortho nitro benzene ring substituents is 1. The van der Waals surface area contributed by atoms with Crippen molar-refractivity contribution in [3.8, 4) is 0 Å². The highest BCUT2D eigenvalue weighted by molar-refractivity contribution is 7.91. The molecule has 1 fully saturated rings. The minimum atomic E-state index is -3.05. The Hall–Kier alpha value is -2.53. The van der Waals surface area contributed by atoms with Crippen molar-refractivity contribution in [3.63, 3.8) is 0 Å². The molecule has 1 aliphatic rings. The van der Waals surface area contributed by atoms with Crippen molar-refractivity contribution in [2.24, 2.45) is 0 Å². The van der Waals surface area contributed by atoms with Gasteiger partial charge >= 0.3 is 11.1 Å². The number of nitro benzene ring substituents is 1. The van der Waals surface area contributed by atoms with Crippen LogP contribution in [-0.4, -0.2) is 40.9 Å². The molecule has 0 aliphatic carbocycles. The van der Waals surface area contributed by atoms with E-state index in [1.165, 1.54) is 6.07 Å². The number of rotatable bonds is 4. The van der Waals surface area contributed by atoms with Gasteiger partial charge in [0.25, 0.3) is 5.69 Å². The molecule has 3 rings (SSSR count). The number of H-pyrrole nitrogens is 2. The van der Waals surface area contributed by atoms with E-state index in [1.807, 2.05) is 0 Å². The van der Waals surface area contributed by atoms with Crippen LogP contribution in [0.4, 0.5) is 5.69 Å². The number of hydrogen-bond donors (Lipinski definition) is 3. The Morgan fingerprint density at radius 1 is 1.25 bits per heavy atom. The van der Waals surface area contributed by atoms with E-state index in [1.54, 1.807) is 0 Å². The van der Waals surface area contributed by atoms with Crippen LogP contribution in [0.3, 0.4) is 0 Å². The number of nitro groups is 1. The van der Waals surface area contributed by atoms with Crippen molar-refractivity contribution in [3.05, 3.63) is 48.5 Å². The summed E-state index contributed by atoms with van der Waals surface area (Å²) in [6.45, 7) is 0.125. The van der Waals surface area contributed by atoms with Crippen LogP contribution in [0.15, 0.2) is 21.7 Å². The van der Waals surface area contributed by atoms with Gasteiger partial charge in [-0.05, 0) is 12.0 Å². The first-order chi connectivity index (χ1) is 11.2. The molecule has 0 saturated carbocycles. The van der Waals surface area contributed by atoms with Gasteiger partial charge in [0.05, 0.1) is 27.5 Å². The molecule has 24 heavy (non-hydrogen) atoms. The molecular formula is C13H14N4O6S. The number of nitrogens with one attached hydrogen (secondary N) is 3. The van der Waals surface area contributed by atoms with E-state index in [0.29, 0.717) is 12.0 Å². The molecule has 0 spiro atoms. The zero-order valence-corrected chi connectivity index (χ0v) is 13.2. The third-order valence-corrected chi connectivity index (χ3v) is 5.69. The molecule has 1 aromatic carbocycles. The highest BCUT2D eigenvalue weighted by Crippen LogP contribution is 2.22. The molecule has 0 amide bonds. The predicted molar refractivity (Wildman–Crippen MR) is 85.7 cm³/mol. The Labute approximate surface area is 135 Å². The van der Waals surface area contributed by atoms with Crippen molar-refractivity contribution < 1.29 is 13.3 Å². The van der Waals surface area contributed by atoms with E-state index < -0.39 is 25.9 Å². The zero-order valence-electron chi connectivity index (χ0n) is 12.4. The molecule has 1 aromatic heterocycles. The molecule has 1 aliphatic heterocycles. The van der Waals surface area contributed by atoms with Crippen LogP contribution >= 0.6 is 0 Å². The van der Waals surface area contributed by atoms with Crippen LogP contribution in [0.25, 0.3) is 11.0 Å². The summed E-state index contributed by atoms with van der Waals surface area (Å²) in [5.41, 5.74) is -1.18. The Bertz CT molecular complexity index is 1040. The molecule has 3 N–H and O–H groups in total. The fourth-order valence-corrected chi connectivity index (χ4v) is 4.44. The molecule has 2 heterocycles. The standard InChI is InChI=1S/C13H14N4O6S/c18-12-13(19)16-11-7(3-9(17(20)21)4-10(11)15-12)5-14-8-1-2-24(22,23)6-8/h3-4,8,14H,1-2,5-6H2,(H,15,18)(H,16,19). The van der Waals surface area contributed by atoms with Crippen LogP contribution in [0.2, 0.25) is 0 Å². The van der Waals surface area contributed by atoms with Gasteiger partial charge in [-0.3, -0.25) is 19.7 Å². The van der Waals surface area contributed by atoms with Crippen molar-refractivity contribution in [2.45, 2.75) is 19.0 Å². The van der Waals surface area contributed by atoms with Gasteiger partial charge in [0.15, 0.2) is 9.84 Å². The highest BCUT2D eigenvalue weighted by atomic mass is 32.2. The van der Waals surface area contributed by atoms with E-state index in [2.05, 4.69) is 15.3 Å². The van der Waals surface area contributed by atoms with Crippen molar-refractivity contribution >= 4 is 26.6 Å². The van der Waals surface area contributed by atoms with Crippen LogP contribution in [0, 0.1) is 10.1 Å². The number of fused-ring (bicyclic) bond motifs is 1. The number of aromatic nitrogens is 2. The summed E-state index contributed by atoms with van der Waals surface area (Å²) in [4.78, 5) is 38.1. The molecule has 2 aromatic rings. The molecule has 1 saturated heterocycles. The molecule has 1 unspecified atom stereocenters. The van der Waals surface area contributed by atoms with Crippen molar-refractivity contribution in [1.82, 2.24) is 15.3 Å². The number of aromatic amines is 2. The van der Waals surface area contributed by atoms with Crippen LogP contribution in [-0.2, 0) is 16.4 Å². The van der Waals surface area contributed by atoms with Crippen molar-refractivity contribution in [2.75, 3.05) is 11.5 Å². The van der Waals surface area contributed by atoms with E-state index in [4.69, 9.17) is 0 Å². The van der Waals surface area contributed by atoms with Crippen molar-refractivity contribution in [1.29, 1.82) is 0 Å². The average Bonchev–Trinajstić information content (AvgIpc) is 2.85. The molecule has 0 radical (unpaired) electrons. The fraction of sp³-hybridized carbons (Fsp3) is 0.385. The lowest BCUT2D eigenvalue weighted by Crippen LogP contribution is -2.31. The second-order valence-corrected chi connectivity index (χ2v) is 7.90. The number of sulfone groups is 1. The lowest BCUT2D eigenvalue weighted by Gasteiger charge is -2.12. The first kappa shape index (κ1) is 16.3. The Morgan fingerprint density at radius 3 is 2.58 bits per heavy atom. The number of nitrogens with zero attached hydrogens (tertiary/aromatic N) is 1. The number of benzene rings is 1. The summed E-state index contributed by atoms with van der Waals surface area (Å²) in [7, 11) is -3.05. The predicted octanol–water partition coefficient (Wildman–Crippen LogP) is -0.599. The largest absolute Gasteiger partial charge is 0.316 e. The monoisotopic (exact) mass is 354 g/mol. The zero-order chi connectivity index (χ0) is 17.5. The average molecular weight is 354 g/mol. The normalized spacial score (nSPS) is 19.6. The summed E-state index contributed by atoms with van der Waals surface area (Å²) in [5.74, 6) is 0.109. The maximum absolute atomic E-state index is 11.5. The summed E-state index contributed by atoms with van der Waals surface area (Å²) in [6.07, 6.45) is 0.461. The SMILES string of the molecule is O=c1[nH]c2cc([N+](=O)[O-])cc(CNC3CCS(=O)(=O)C3)c2[nH]c1=O. The molecule has 128 valence electrons. The third kappa shape index (κ3) is 3.21. The van der Waals surface area contributed by atoms with E-state index in [9.17, 15) is 28.1 Å². The highest BCUT2D eigenvalue weighted by Gasteiger charge is 2.27. The number of hydrogen-bond acceptors (Lipinski definition) is 7. The molecule has 11 heteroatoms. The summed E-state index contributed by atoms with van der Waals surface area (Å²) in [6, 6.07) is 2.20. The van der Waals surface area contributed by atoms with Gasteiger partial charge in [0.2, 0.25) is 0 Å². The second kappa shape index (κ2) is 5.83. The summed E-state index contributed by atoms with van der Waals surface area (Å²) in [5, 5.41) is 14.1. The van der Waals surface area contributed by atoms with Gasteiger partial charge < -0.3 is 15.3 Å². The quantitative estimate of drug-likeness (QED) is 0.376. The van der Waals surface area contributed by atoms with Gasteiger partial charge in [0.1, 0.15) is 0 Å². The third-order valence-electron chi connectivity index (χ3n) is 3.92. The first-order valence-corrected chi connectivity index (χ1v) is 8.95. The van der Waals surface area contributed by atoms with Gasteiger partial charge in [0, 0.05) is 24.7 Å². The van der Waals surface area contributed by atoms with Gasteiger partial charge in [-0.1, -0.05) is 0 Å². The molecule has 1 atom stereocenters. The lowest BCUT2D eigenvalue weighted by molar-refractivity contribution is -0.384. The summed E-state index contributed by atoms with van der Waals surface area (Å²) < 4.78 is 22.9. The topological polar surface area (TPSA) is 155 Å². The van der Waals surface area contributed by atoms with E-state index >= 15 is 0 Å². The van der Waals surface area contributed by atoms with Gasteiger partial charge in [-0.2, -0.15) is 0 Å². The van der Waals surface area contributed by atoms with E-state index in [0.717, 1.165) is 6.07 Å². The van der Waals surface area contributed by atoms with E-state index in [-0.39, 0.29) is 40.8 Å². The smallest absolute Gasteiger partial charge is 0.314 e. The Balaban J connectivity index is 1.99. The lowest BCUT2D eigenvalue weighted by atomic mass is 10.1. The molecule has 0 bridgehead atoms. The van der Waals surface area contributed by atoms with Crippen LogP contribution in [0.1, 0.15) is 12.0 Å². The minimum Gasteiger partial charge on any atom is -0.316 e. The summed E-state index contributed by atoms with van der Waals surface area (Å²) >= 11 is 0. The Kier molecular flexibility index (Phi) is 3.97. The Morgan fingerprint density at radius 2 is 1.96 bits per heavy atom. The minimum absolute atomic E-state index is 0.00716. The molecule has 10 nitrogen and oxygen atoms in total.